The molecular weight excluding hydrogens is 386 g/mol. The zero-order chi connectivity index (χ0) is 21.0. The van der Waals surface area contributed by atoms with Crippen LogP contribution in [0.2, 0.25) is 0 Å². The summed E-state index contributed by atoms with van der Waals surface area (Å²) in [5.41, 5.74) is 0.921. The lowest BCUT2D eigenvalue weighted by Gasteiger charge is -2.35. The summed E-state index contributed by atoms with van der Waals surface area (Å²) >= 11 is 0. The SMILES string of the molecule is C[C@H]1CCC(N2CCC(Cc3noc(-c4ccc(Oc5ccccc5)cc4)n3)CC2)C1. The molecule has 0 radical (unpaired) electrons. The molecule has 5 rings (SSSR count). The van der Waals surface area contributed by atoms with Crippen molar-refractivity contribution >= 4 is 0 Å². The highest BCUT2D eigenvalue weighted by molar-refractivity contribution is 5.54. The zero-order valence-corrected chi connectivity index (χ0v) is 18.2. The molecule has 1 saturated carbocycles. The Morgan fingerprint density at radius 2 is 1.68 bits per heavy atom. The molecule has 0 N–H and O–H groups in total. The first kappa shape index (κ1) is 20.3. The number of ether oxygens (including phenoxy) is 1. The van der Waals surface area contributed by atoms with Gasteiger partial charge >= 0.3 is 0 Å². The summed E-state index contributed by atoms with van der Waals surface area (Å²) in [4.78, 5) is 7.39. The van der Waals surface area contributed by atoms with Crippen molar-refractivity contribution in [3.8, 4) is 23.0 Å². The molecule has 162 valence electrons. The largest absolute Gasteiger partial charge is 0.457 e. The van der Waals surface area contributed by atoms with E-state index in [0.717, 1.165) is 41.3 Å². The molecule has 2 aliphatic rings. The van der Waals surface area contributed by atoms with Gasteiger partial charge < -0.3 is 14.2 Å². The lowest BCUT2D eigenvalue weighted by Crippen LogP contribution is -2.40. The average Bonchev–Trinajstić information content (AvgIpc) is 3.45. The highest BCUT2D eigenvalue weighted by Crippen LogP contribution is 2.32. The van der Waals surface area contributed by atoms with Crippen LogP contribution in [0.3, 0.4) is 0 Å². The van der Waals surface area contributed by atoms with E-state index in [1.54, 1.807) is 0 Å². The predicted octanol–water partition coefficient (Wildman–Crippen LogP) is 5.97. The maximum Gasteiger partial charge on any atom is 0.257 e. The Morgan fingerprint density at radius 1 is 0.935 bits per heavy atom. The summed E-state index contributed by atoms with van der Waals surface area (Å²) in [5.74, 6) is 4.58. The number of likely N-dealkylation sites (tertiary alicyclic amines) is 1. The van der Waals surface area contributed by atoms with Gasteiger partial charge in [-0.1, -0.05) is 30.3 Å². The van der Waals surface area contributed by atoms with Crippen molar-refractivity contribution in [2.75, 3.05) is 13.1 Å². The molecule has 1 saturated heterocycles. The molecule has 2 heterocycles. The second-order valence-corrected chi connectivity index (χ2v) is 9.21. The molecule has 5 nitrogen and oxygen atoms in total. The van der Waals surface area contributed by atoms with Crippen molar-refractivity contribution in [1.29, 1.82) is 0 Å². The third kappa shape index (κ3) is 4.99. The molecule has 2 fully saturated rings. The normalized spacial score (nSPS) is 22.6. The Kier molecular flexibility index (Phi) is 6.03. The van der Waals surface area contributed by atoms with E-state index in [2.05, 4.69) is 22.0 Å². The number of hydrogen-bond donors (Lipinski definition) is 0. The first-order chi connectivity index (χ1) is 15.2. The van der Waals surface area contributed by atoms with Crippen LogP contribution in [0, 0.1) is 11.8 Å². The first-order valence-corrected chi connectivity index (χ1v) is 11.6. The van der Waals surface area contributed by atoms with E-state index >= 15 is 0 Å². The smallest absolute Gasteiger partial charge is 0.257 e. The molecule has 0 amide bonds. The van der Waals surface area contributed by atoms with Crippen LogP contribution in [0.1, 0.15) is 44.9 Å². The molecule has 5 heteroatoms. The summed E-state index contributed by atoms with van der Waals surface area (Å²) in [6.45, 7) is 4.83. The minimum absolute atomic E-state index is 0.582. The van der Waals surface area contributed by atoms with Gasteiger partial charge in [0.25, 0.3) is 5.89 Å². The van der Waals surface area contributed by atoms with Gasteiger partial charge in [-0.15, -0.1) is 0 Å². The Bertz CT molecular complexity index is 962. The number of rotatable bonds is 6. The third-order valence-corrected chi connectivity index (χ3v) is 6.85. The fourth-order valence-corrected chi connectivity index (χ4v) is 5.03. The van der Waals surface area contributed by atoms with Crippen molar-refractivity contribution in [3.05, 3.63) is 60.4 Å². The highest BCUT2D eigenvalue weighted by atomic mass is 16.5. The van der Waals surface area contributed by atoms with E-state index < -0.39 is 0 Å². The first-order valence-electron chi connectivity index (χ1n) is 11.6. The molecule has 1 aliphatic heterocycles. The van der Waals surface area contributed by atoms with Crippen molar-refractivity contribution in [2.45, 2.75) is 51.5 Å². The lowest BCUT2D eigenvalue weighted by atomic mass is 9.92. The fraction of sp³-hybridized carbons (Fsp3) is 0.462. The van der Waals surface area contributed by atoms with Crippen molar-refractivity contribution in [1.82, 2.24) is 15.0 Å². The van der Waals surface area contributed by atoms with Gasteiger partial charge in [0.2, 0.25) is 0 Å². The monoisotopic (exact) mass is 417 g/mol. The van der Waals surface area contributed by atoms with Gasteiger partial charge in [0.05, 0.1) is 0 Å². The van der Waals surface area contributed by atoms with Crippen LogP contribution in [0.15, 0.2) is 59.1 Å². The molecule has 1 unspecified atom stereocenters. The number of piperidine rings is 1. The molecule has 2 atom stereocenters. The minimum Gasteiger partial charge on any atom is -0.457 e. The topological polar surface area (TPSA) is 51.4 Å². The van der Waals surface area contributed by atoms with Crippen LogP contribution in [0.5, 0.6) is 11.5 Å². The second kappa shape index (κ2) is 9.23. The molecule has 1 aliphatic carbocycles. The van der Waals surface area contributed by atoms with E-state index in [9.17, 15) is 0 Å². The van der Waals surface area contributed by atoms with Crippen molar-refractivity contribution in [2.24, 2.45) is 11.8 Å². The highest BCUT2D eigenvalue weighted by Gasteiger charge is 2.30. The molecular formula is C26H31N3O2. The standard InChI is InChI=1S/C26H31N3O2/c1-19-7-10-22(17-19)29-15-13-20(14-16-29)18-25-27-26(31-28-25)21-8-11-24(12-9-21)30-23-5-3-2-4-6-23/h2-6,8-9,11-12,19-20,22H,7,10,13-18H2,1H3/t19-,22?/m0/s1. The number of para-hydroxylation sites is 1. The summed E-state index contributed by atoms with van der Waals surface area (Å²) < 4.78 is 11.4. The Hall–Kier alpha value is -2.66. The molecule has 31 heavy (non-hydrogen) atoms. The van der Waals surface area contributed by atoms with E-state index in [1.807, 2.05) is 54.6 Å². The third-order valence-electron chi connectivity index (χ3n) is 6.85. The van der Waals surface area contributed by atoms with Gasteiger partial charge in [-0.3, -0.25) is 0 Å². The van der Waals surface area contributed by atoms with Gasteiger partial charge in [-0.25, -0.2) is 0 Å². The van der Waals surface area contributed by atoms with E-state index in [-0.39, 0.29) is 0 Å². The van der Waals surface area contributed by atoms with Crippen LogP contribution < -0.4 is 4.74 Å². The maximum absolute atomic E-state index is 5.86. The van der Waals surface area contributed by atoms with Gasteiger partial charge in [0.1, 0.15) is 11.5 Å². The Morgan fingerprint density at radius 3 is 2.39 bits per heavy atom. The number of nitrogens with zero attached hydrogens (tertiary/aromatic N) is 3. The quantitative estimate of drug-likeness (QED) is 0.494. The van der Waals surface area contributed by atoms with E-state index in [0.29, 0.717) is 11.8 Å². The van der Waals surface area contributed by atoms with Crippen LogP contribution in [-0.2, 0) is 6.42 Å². The molecule has 1 aromatic heterocycles. The van der Waals surface area contributed by atoms with Crippen molar-refractivity contribution in [3.63, 3.8) is 0 Å². The molecule has 2 aromatic carbocycles. The molecule has 3 aromatic rings. The van der Waals surface area contributed by atoms with Gasteiger partial charge in [0, 0.05) is 18.0 Å². The van der Waals surface area contributed by atoms with Gasteiger partial charge in [0.15, 0.2) is 5.82 Å². The van der Waals surface area contributed by atoms with Crippen molar-refractivity contribution < 1.29 is 9.26 Å². The molecule has 0 bridgehead atoms. The van der Waals surface area contributed by atoms with E-state index in [4.69, 9.17) is 9.26 Å². The summed E-state index contributed by atoms with van der Waals surface area (Å²) in [5, 5.41) is 4.25. The fourth-order valence-electron chi connectivity index (χ4n) is 5.03. The van der Waals surface area contributed by atoms with Crippen LogP contribution >= 0.6 is 0 Å². The summed E-state index contributed by atoms with van der Waals surface area (Å²) in [7, 11) is 0. The summed E-state index contributed by atoms with van der Waals surface area (Å²) in [6, 6.07) is 18.4. The Labute approximate surface area is 184 Å². The zero-order valence-electron chi connectivity index (χ0n) is 18.2. The average molecular weight is 418 g/mol. The van der Waals surface area contributed by atoms with Crippen LogP contribution in [0.4, 0.5) is 0 Å². The number of benzene rings is 2. The number of aromatic nitrogens is 2. The number of hydrogen-bond acceptors (Lipinski definition) is 5. The van der Waals surface area contributed by atoms with Crippen LogP contribution in [0.25, 0.3) is 11.5 Å². The summed E-state index contributed by atoms with van der Waals surface area (Å²) in [6.07, 6.45) is 7.55. The van der Waals surface area contributed by atoms with Gasteiger partial charge in [-0.2, -0.15) is 4.98 Å². The predicted molar refractivity (Wildman–Crippen MR) is 121 cm³/mol. The molecule has 0 spiro atoms. The lowest BCUT2D eigenvalue weighted by molar-refractivity contribution is 0.131. The minimum atomic E-state index is 0.582. The second-order valence-electron chi connectivity index (χ2n) is 9.21. The van der Waals surface area contributed by atoms with Gasteiger partial charge in [-0.05, 0) is 93.4 Å². The van der Waals surface area contributed by atoms with Crippen LogP contribution in [-0.4, -0.2) is 34.2 Å². The maximum atomic E-state index is 5.86. The Balaban J connectivity index is 1.14. The van der Waals surface area contributed by atoms with E-state index in [1.165, 1.54) is 45.2 Å².